The van der Waals surface area contributed by atoms with E-state index in [0.29, 0.717) is 33.8 Å². The third-order valence-electron chi connectivity index (χ3n) is 4.36. The fraction of sp³-hybridized carbons (Fsp3) is 0.158. The number of hydrogen-bond donors (Lipinski definition) is 1. The largest absolute Gasteiger partial charge is 0.465 e. The van der Waals surface area contributed by atoms with Crippen molar-refractivity contribution in [2.75, 3.05) is 13.0 Å². The minimum Gasteiger partial charge on any atom is -0.465 e. The molecule has 0 aliphatic heterocycles. The Morgan fingerprint density at radius 2 is 2.07 bits per heavy atom. The third kappa shape index (κ3) is 3.09. The van der Waals surface area contributed by atoms with Gasteiger partial charge in [0.05, 0.1) is 30.1 Å². The first-order valence-electron chi connectivity index (χ1n) is 8.44. The van der Waals surface area contributed by atoms with Crippen molar-refractivity contribution >= 4 is 28.6 Å². The van der Waals surface area contributed by atoms with Gasteiger partial charge in [-0.05, 0) is 30.7 Å². The number of carbonyl (C=O) groups excluding carboxylic acids is 1. The molecule has 4 aromatic rings. The van der Waals surface area contributed by atoms with E-state index in [9.17, 15) is 4.79 Å². The van der Waals surface area contributed by atoms with E-state index in [2.05, 4.69) is 15.2 Å². The number of carbonyl (C=O) groups is 1. The smallest absolute Gasteiger partial charge is 0.340 e. The zero-order valence-corrected chi connectivity index (χ0v) is 16.1. The molecular weight excluding hydrogens is 378 g/mol. The summed E-state index contributed by atoms with van der Waals surface area (Å²) in [7, 11) is 1.36. The van der Waals surface area contributed by atoms with Gasteiger partial charge < -0.3 is 15.0 Å². The van der Waals surface area contributed by atoms with Crippen molar-refractivity contribution in [1.29, 1.82) is 0 Å². The van der Waals surface area contributed by atoms with Crippen molar-refractivity contribution in [3.63, 3.8) is 0 Å². The summed E-state index contributed by atoms with van der Waals surface area (Å²) in [5.41, 5.74) is 2.71. The molecule has 0 saturated carbocycles. The average molecular weight is 395 g/mol. The van der Waals surface area contributed by atoms with E-state index in [-0.39, 0.29) is 0 Å². The molecule has 0 radical (unpaired) electrons. The molecule has 9 heteroatoms. The minimum atomic E-state index is -0.420. The van der Waals surface area contributed by atoms with Crippen molar-refractivity contribution in [3.05, 3.63) is 59.5 Å². The van der Waals surface area contributed by atoms with E-state index in [1.165, 1.54) is 23.5 Å². The predicted octanol–water partition coefficient (Wildman–Crippen LogP) is 3.19. The van der Waals surface area contributed by atoms with Gasteiger partial charge in [0.2, 0.25) is 11.0 Å². The molecule has 3 aromatic heterocycles. The number of thioether (sulfide) groups is 1. The number of furan rings is 1. The topological polar surface area (TPSA) is 109 Å². The number of aromatic nitrogens is 4. The lowest BCUT2D eigenvalue weighted by molar-refractivity contribution is 0.0598. The molecule has 2 N–H and O–H groups in total. The number of ether oxygens (including phenoxy) is 1. The Kier molecular flexibility index (Phi) is 4.74. The molecular formula is C19H17N5O3S. The molecule has 0 aliphatic carbocycles. The van der Waals surface area contributed by atoms with Crippen LogP contribution in [-0.4, -0.2) is 32.9 Å². The molecule has 0 atom stereocenters. The van der Waals surface area contributed by atoms with E-state index >= 15 is 0 Å². The molecule has 0 aliphatic rings. The highest BCUT2D eigenvalue weighted by atomic mass is 32.2. The van der Waals surface area contributed by atoms with Gasteiger partial charge >= 0.3 is 5.97 Å². The normalized spacial score (nSPS) is 11.1. The van der Waals surface area contributed by atoms with Crippen LogP contribution in [0.4, 0.5) is 0 Å². The Bertz CT molecular complexity index is 1150. The van der Waals surface area contributed by atoms with E-state index in [4.69, 9.17) is 15.0 Å². The van der Waals surface area contributed by atoms with Gasteiger partial charge in [-0.3, -0.25) is 4.98 Å². The van der Waals surface area contributed by atoms with Gasteiger partial charge in [0.1, 0.15) is 0 Å². The minimum absolute atomic E-state index is 0.379. The molecule has 0 bridgehead atoms. The number of para-hydroxylation sites is 1. The second kappa shape index (κ2) is 7.35. The highest BCUT2D eigenvalue weighted by Crippen LogP contribution is 2.29. The van der Waals surface area contributed by atoms with Gasteiger partial charge in [-0.2, -0.15) is 0 Å². The molecule has 0 spiro atoms. The fourth-order valence-electron chi connectivity index (χ4n) is 3.00. The predicted molar refractivity (Wildman–Crippen MR) is 105 cm³/mol. The van der Waals surface area contributed by atoms with Crippen molar-refractivity contribution < 1.29 is 13.9 Å². The molecule has 3 heterocycles. The molecule has 1 aromatic carbocycles. The van der Waals surface area contributed by atoms with Gasteiger partial charge in [-0.25, -0.2) is 9.47 Å². The second-order valence-electron chi connectivity index (χ2n) is 6.01. The third-order valence-corrected chi connectivity index (χ3v) is 5.31. The maximum atomic E-state index is 12.4. The first-order chi connectivity index (χ1) is 13.6. The van der Waals surface area contributed by atoms with E-state index < -0.39 is 5.97 Å². The van der Waals surface area contributed by atoms with Crippen LogP contribution < -0.4 is 5.84 Å². The monoisotopic (exact) mass is 395 g/mol. The van der Waals surface area contributed by atoms with Gasteiger partial charge in [0.25, 0.3) is 0 Å². The molecule has 0 fully saturated rings. The van der Waals surface area contributed by atoms with Crippen LogP contribution in [0.15, 0.2) is 52.2 Å². The number of nitrogens with zero attached hydrogens (tertiary/aromatic N) is 4. The molecule has 8 nitrogen and oxygen atoms in total. The van der Waals surface area contributed by atoms with Crippen LogP contribution in [-0.2, 0) is 10.5 Å². The average Bonchev–Trinajstić information content (AvgIpc) is 3.36. The Morgan fingerprint density at radius 3 is 2.82 bits per heavy atom. The van der Waals surface area contributed by atoms with Crippen LogP contribution in [0.3, 0.4) is 0 Å². The van der Waals surface area contributed by atoms with Crippen LogP contribution in [0.25, 0.3) is 22.5 Å². The number of rotatable bonds is 5. The standard InChI is InChI=1S/C19H17N5O3S/c1-11-12-6-3-4-7-13(12)21-14(16(11)18(25)26-2)10-28-19-23-22-17(24(19)20)15-8-5-9-27-15/h3-9H,10,20H2,1-2H3. The summed E-state index contributed by atoms with van der Waals surface area (Å²) < 4.78 is 11.7. The maximum absolute atomic E-state index is 12.4. The number of hydrogen-bond acceptors (Lipinski definition) is 8. The Morgan fingerprint density at radius 1 is 1.25 bits per heavy atom. The molecule has 0 saturated heterocycles. The van der Waals surface area contributed by atoms with Crippen LogP contribution in [0.1, 0.15) is 21.6 Å². The summed E-state index contributed by atoms with van der Waals surface area (Å²) in [6, 6.07) is 11.2. The van der Waals surface area contributed by atoms with Gasteiger partial charge in [-0.15, -0.1) is 10.2 Å². The Balaban J connectivity index is 1.69. The molecule has 28 heavy (non-hydrogen) atoms. The van der Waals surface area contributed by atoms with Crippen molar-refractivity contribution in [3.8, 4) is 11.6 Å². The van der Waals surface area contributed by atoms with Crippen molar-refractivity contribution in [2.24, 2.45) is 0 Å². The number of esters is 1. The quantitative estimate of drug-likeness (QED) is 0.312. The maximum Gasteiger partial charge on any atom is 0.340 e. The van der Waals surface area contributed by atoms with Gasteiger partial charge in [0, 0.05) is 11.1 Å². The van der Waals surface area contributed by atoms with E-state index in [1.807, 2.05) is 31.2 Å². The summed E-state index contributed by atoms with van der Waals surface area (Å²) in [5.74, 6) is 7.01. The van der Waals surface area contributed by atoms with Crippen molar-refractivity contribution in [1.82, 2.24) is 19.9 Å². The number of benzene rings is 1. The number of fused-ring (bicyclic) bond motifs is 1. The highest BCUT2D eigenvalue weighted by molar-refractivity contribution is 7.98. The number of nitrogens with two attached hydrogens (primary N) is 1. The molecule has 142 valence electrons. The number of pyridine rings is 1. The number of aryl methyl sites for hydroxylation is 1. The molecule has 4 rings (SSSR count). The first kappa shape index (κ1) is 18.1. The Hall–Kier alpha value is -3.33. The lowest BCUT2D eigenvalue weighted by atomic mass is 10.0. The SMILES string of the molecule is COC(=O)c1c(CSc2nnc(-c3ccco3)n2N)nc2ccccc2c1C. The summed E-state index contributed by atoms with van der Waals surface area (Å²) >= 11 is 1.33. The summed E-state index contributed by atoms with van der Waals surface area (Å²) in [5, 5.41) is 9.58. The highest BCUT2D eigenvalue weighted by Gasteiger charge is 2.21. The number of nitrogen functional groups attached to an aromatic ring is 1. The van der Waals surface area contributed by atoms with Crippen LogP contribution in [0, 0.1) is 6.92 Å². The second-order valence-corrected chi connectivity index (χ2v) is 6.95. The molecule has 0 amide bonds. The van der Waals surface area contributed by atoms with Crippen LogP contribution >= 0.6 is 11.8 Å². The lowest BCUT2D eigenvalue weighted by Gasteiger charge is -2.13. The summed E-state index contributed by atoms with van der Waals surface area (Å²) in [4.78, 5) is 17.1. The van der Waals surface area contributed by atoms with E-state index in [1.54, 1.807) is 18.4 Å². The van der Waals surface area contributed by atoms with Crippen LogP contribution in [0.2, 0.25) is 0 Å². The van der Waals surface area contributed by atoms with Gasteiger partial charge in [0.15, 0.2) is 5.76 Å². The summed E-state index contributed by atoms with van der Waals surface area (Å²) in [6.07, 6.45) is 1.54. The Labute approximate surface area is 164 Å². The molecule has 0 unspecified atom stereocenters. The van der Waals surface area contributed by atoms with Crippen LogP contribution in [0.5, 0.6) is 0 Å². The van der Waals surface area contributed by atoms with E-state index in [0.717, 1.165) is 16.5 Å². The zero-order chi connectivity index (χ0) is 19.7. The number of methoxy groups -OCH3 is 1. The summed E-state index contributed by atoms with van der Waals surface area (Å²) in [6.45, 7) is 1.89. The fourth-order valence-corrected chi connectivity index (χ4v) is 3.80. The zero-order valence-electron chi connectivity index (χ0n) is 15.2. The van der Waals surface area contributed by atoms with Gasteiger partial charge in [-0.1, -0.05) is 30.0 Å². The first-order valence-corrected chi connectivity index (χ1v) is 9.42. The lowest BCUT2D eigenvalue weighted by Crippen LogP contribution is -2.13. The van der Waals surface area contributed by atoms with Crippen molar-refractivity contribution in [2.45, 2.75) is 17.8 Å².